The minimum atomic E-state index is -0.358. The molecule has 1 atom stereocenters. The first-order chi connectivity index (χ1) is 9.95. The molecule has 1 heterocycles. The van der Waals surface area contributed by atoms with Crippen LogP contribution in [0.25, 0.3) is 0 Å². The van der Waals surface area contributed by atoms with Crippen LogP contribution < -0.4 is 5.32 Å². The Balaban J connectivity index is 1.98. The fraction of sp³-hybridized carbons (Fsp3) is 0.529. The first-order valence-electron chi connectivity index (χ1n) is 7.59. The Labute approximate surface area is 126 Å². The molecule has 1 aliphatic rings. The van der Waals surface area contributed by atoms with Crippen LogP contribution in [-0.4, -0.2) is 35.8 Å². The molecule has 2 rings (SSSR count). The van der Waals surface area contributed by atoms with Crippen molar-refractivity contribution < 1.29 is 9.59 Å². The molecule has 1 aromatic rings. The van der Waals surface area contributed by atoms with E-state index in [4.69, 9.17) is 0 Å². The molecule has 1 aromatic carbocycles. The number of carbonyl (C=O) groups is 2. The van der Waals surface area contributed by atoms with Gasteiger partial charge in [-0.2, -0.15) is 0 Å². The monoisotopic (exact) mass is 288 g/mol. The van der Waals surface area contributed by atoms with Crippen molar-refractivity contribution in [3.8, 4) is 0 Å². The lowest BCUT2D eigenvalue weighted by atomic mass is 10.0. The number of hydrogen-bond acceptors (Lipinski definition) is 2. The summed E-state index contributed by atoms with van der Waals surface area (Å²) in [6.45, 7) is 6.96. The van der Waals surface area contributed by atoms with Crippen LogP contribution in [0.5, 0.6) is 0 Å². The number of nitrogens with zero attached hydrogens (tertiary/aromatic N) is 1. The van der Waals surface area contributed by atoms with E-state index in [1.165, 1.54) is 11.1 Å². The van der Waals surface area contributed by atoms with E-state index in [0.29, 0.717) is 18.9 Å². The number of carbonyl (C=O) groups excluding carboxylic acids is 2. The maximum atomic E-state index is 12.4. The Morgan fingerprint density at radius 2 is 2.10 bits per heavy atom. The Morgan fingerprint density at radius 3 is 2.76 bits per heavy atom. The van der Waals surface area contributed by atoms with Gasteiger partial charge in [-0.3, -0.25) is 9.59 Å². The van der Waals surface area contributed by atoms with Gasteiger partial charge in [-0.15, -0.1) is 0 Å². The van der Waals surface area contributed by atoms with E-state index in [0.717, 1.165) is 6.42 Å². The summed E-state index contributed by atoms with van der Waals surface area (Å²) in [7, 11) is 0. The average molecular weight is 288 g/mol. The summed E-state index contributed by atoms with van der Waals surface area (Å²) in [4.78, 5) is 25.9. The molecule has 1 fully saturated rings. The summed E-state index contributed by atoms with van der Waals surface area (Å²) in [6, 6.07) is 7.91. The second-order valence-electron chi connectivity index (χ2n) is 6.25. The number of rotatable bonds is 5. The molecule has 1 aliphatic heterocycles. The molecule has 21 heavy (non-hydrogen) atoms. The maximum absolute atomic E-state index is 12.4. The topological polar surface area (TPSA) is 49.4 Å². The zero-order chi connectivity index (χ0) is 15.4. The molecule has 1 unspecified atom stereocenters. The van der Waals surface area contributed by atoms with Gasteiger partial charge < -0.3 is 10.2 Å². The molecule has 2 amide bonds. The maximum Gasteiger partial charge on any atom is 0.245 e. The van der Waals surface area contributed by atoms with Crippen LogP contribution in [0.2, 0.25) is 0 Å². The number of piperazine rings is 1. The number of amides is 2. The van der Waals surface area contributed by atoms with Crippen LogP contribution in [0.4, 0.5) is 0 Å². The van der Waals surface area contributed by atoms with Crippen molar-refractivity contribution >= 4 is 11.8 Å². The van der Waals surface area contributed by atoms with Crippen molar-refractivity contribution in [1.29, 1.82) is 0 Å². The van der Waals surface area contributed by atoms with E-state index in [-0.39, 0.29) is 24.4 Å². The summed E-state index contributed by atoms with van der Waals surface area (Å²) in [5.74, 6) is 0.386. The summed E-state index contributed by atoms with van der Waals surface area (Å²) in [6.07, 6.45) is 1.49. The number of nitrogens with one attached hydrogen (secondary N) is 1. The zero-order valence-electron chi connectivity index (χ0n) is 13.1. The first kappa shape index (κ1) is 15.5. The van der Waals surface area contributed by atoms with Gasteiger partial charge in [-0.05, 0) is 31.2 Å². The quantitative estimate of drug-likeness (QED) is 0.900. The van der Waals surface area contributed by atoms with Gasteiger partial charge in [-0.1, -0.05) is 43.7 Å². The summed E-state index contributed by atoms with van der Waals surface area (Å²) in [5, 5.41) is 2.80. The highest BCUT2D eigenvalue weighted by molar-refractivity contribution is 5.94. The predicted octanol–water partition coefficient (Wildman–Crippen LogP) is 1.91. The zero-order valence-corrected chi connectivity index (χ0v) is 13.1. The predicted molar refractivity (Wildman–Crippen MR) is 82.8 cm³/mol. The lowest BCUT2D eigenvalue weighted by Crippen LogP contribution is -2.58. The van der Waals surface area contributed by atoms with E-state index >= 15 is 0 Å². The van der Waals surface area contributed by atoms with Crippen LogP contribution >= 0.6 is 0 Å². The second kappa shape index (κ2) is 6.74. The van der Waals surface area contributed by atoms with Crippen molar-refractivity contribution in [3.05, 3.63) is 35.4 Å². The van der Waals surface area contributed by atoms with Gasteiger partial charge in [0.25, 0.3) is 0 Å². The summed E-state index contributed by atoms with van der Waals surface area (Å²) >= 11 is 0. The van der Waals surface area contributed by atoms with Crippen molar-refractivity contribution in [2.75, 3.05) is 13.1 Å². The van der Waals surface area contributed by atoms with E-state index < -0.39 is 0 Å². The Morgan fingerprint density at radius 1 is 1.33 bits per heavy atom. The molecule has 0 aliphatic carbocycles. The Kier molecular flexibility index (Phi) is 4.99. The minimum Gasteiger partial charge on any atom is -0.343 e. The third-order valence-electron chi connectivity index (χ3n) is 3.74. The molecular formula is C17H24N2O2. The fourth-order valence-electron chi connectivity index (χ4n) is 2.73. The van der Waals surface area contributed by atoms with E-state index in [1.807, 2.05) is 6.07 Å². The molecule has 0 saturated carbocycles. The van der Waals surface area contributed by atoms with Gasteiger partial charge in [0.1, 0.15) is 6.04 Å². The Bertz CT molecular complexity index is 525. The molecule has 0 aromatic heterocycles. The van der Waals surface area contributed by atoms with Gasteiger partial charge in [0.05, 0.1) is 6.54 Å². The molecule has 4 heteroatoms. The largest absolute Gasteiger partial charge is 0.343 e. The standard InChI is InChI=1S/C17H24N2O2/c1-12(2)9-15-17(21)19(11-16(20)18-15)8-7-14-6-4-5-13(3)10-14/h4-6,10,12,15H,7-9,11H2,1-3H3,(H,18,20). The number of hydrogen-bond donors (Lipinski definition) is 1. The molecule has 114 valence electrons. The van der Waals surface area contributed by atoms with Gasteiger partial charge in [0, 0.05) is 6.54 Å². The van der Waals surface area contributed by atoms with E-state index in [9.17, 15) is 9.59 Å². The van der Waals surface area contributed by atoms with Crippen LogP contribution in [0, 0.1) is 12.8 Å². The van der Waals surface area contributed by atoms with Crippen molar-refractivity contribution in [3.63, 3.8) is 0 Å². The van der Waals surface area contributed by atoms with E-state index in [1.54, 1.807) is 4.90 Å². The smallest absolute Gasteiger partial charge is 0.245 e. The molecule has 1 N–H and O–H groups in total. The summed E-state index contributed by atoms with van der Waals surface area (Å²) in [5.41, 5.74) is 2.42. The van der Waals surface area contributed by atoms with Gasteiger partial charge in [0.15, 0.2) is 0 Å². The average Bonchev–Trinajstić information content (AvgIpc) is 2.40. The fourth-order valence-corrected chi connectivity index (χ4v) is 2.73. The normalized spacial score (nSPS) is 19.0. The highest BCUT2D eigenvalue weighted by Gasteiger charge is 2.32. The minimum absolute atomic E-state index is 0.0514. The van der Waals surface area contributed by atoms with Gasteiger partial charge in [0.2, 0.25) is 11.8 Å². The highest BCUT2D eigenvalue weighted by Crippen LogP contribution is 2.13. The number of benzene rings is 1. The third kappa shape index (κ3) is 4.31. The van der Waals surface area contributed by atoms with Crippen LogP contribution in [0.3, 0.4) is 0 Å². The van der Waals surface area contributed by atoms with Crippen molar-refractivity contribution in [1.82, 2.24) is 10.2 Å². The molecule has 0 bridgehead atoms. The first-order valence-corrected chi connectivity index (χ1v) is 7.59. The van der Waals surface area contributed by atoms with Crippen molar-refractivity contribution in [2.24, 2.45) is 5.92 Å². The molecule has 0 radical (unpaired) electrons. The third-order valence-corrected chi connectivity index (χ3v) is 3.74. The Hall–Kier alpha value is -1.84. The highest BCUT2D eigenvalue weighted by atomic mass is 16.2. The lowest BCUT2D eigenvalue weighted by Gasteiger charge is -2.33. The van der Waals surface area contributed by atoms with Gasteiger partial charge >= 0.3 is 0 Å². The van der Waals surface area contributed by atoms with E-state index in [2.05, 4.69) is 44.3 Å². The molecule has 1 saturated heterocycles. The SMILES string of the molecule is Cc1cccc(CCN2CC(=O)NC(CC(C)C)C2=O)c1. The lowest BCUT2D eigenvalue weighted by molar-refractivity contribution is -0.144. The summed E-state index contributed by atoms with van der Waals surface area (Å²) < 4.78 is 0. The number of aryl methyl sites for hydroxylation is 1. The molecule has 0 spiro atoms. The molecular weight excluding hydrogens is 264 g/mol. The van der Waals surface area contributed by atoms with Crippen molar-refractivity contribution in [2.45, 2.75) is 39.7 Å². The van der Waals surface area contributed by atoms with Crippen LogP contribution in [-0.2, 0) is 16.0 Å². The van der Waals surface area contributed by atoms with Crippen LogP contribution in [0.1, 0.15) is 31.4 Å². The molecule has 4 nitrogen and oxygen atoms in total. The van der Waals surface area contributed by atoms with Gasteiger partial charge in [-0.25, -0.2) is 0 Å². The van der Waals surface area contributed by atoms with Crippen LogP contribution in [0.15, 0.2) is 24.3 Å². The second-order valence-corrected chi connectivity index (χ2v) is 6.25.